The molecule has 0 aromatic heterocycles. The molecule has 0 aliphatic carbocycles. The summed E-state index contributed by atoms with van der Waals surface area (Å²) in [6, 6.07) is 4.75. The van der Waals surface area contributed by atoms with Crippen LogP contribution in [0.5, 0.6) is 0 Å². The highest BCUT2D eigenvalue weighted by atomic mass is 19.1. The van der Waals surface area contributed by atoms with Crippen molar-refractivity contribution in [2.24, 2.45) is 0 Å². The molecule has 1 atom stereocenters. The molecule has 0 saturated heterocycles. The number of hydrogen-bond donors (Lipinski definition) is 1. The van der Waals surface area contributed by atoms with Crippen molar-refractivity contribution in [3.8, 4) is 0 Å². The van der Waals surface area contributed by atoms with Gasteiger partial charge in [-0.1, -0.05) is 6.07 Å². The van der Waals surface area contributed by atoms with Crippen LogP contribution >= 0.6 is 0 Å². The summed E-state index contributed by atoms with van der Waals surface area (Å²) < 4.78 is 23.3. The molecule has 0 amide bonds. The molecule has 1 aromatic carbocycles. The van der Waals surface area contributed by atoms with Gasteiger partial charge in [-0.05, 0) is 24.6 Å². The minimum atomic E-state index is -0.311. The number of methoxy groups -OCH3 is 2. The summed E-state index contributed by atoms with van der Waals surface area (Å²) in [5.74, 6) is -0.311. The molecule has 0 fully saturated rings. The molecule has 0 radical (unpaired) electrons. The SMILES string of the molecule is COCCN(Cc1ccc(F)cc1N)C(C)COC. The van der Waals surface area contributed by atoms with Gasteiger partial charge >= 0.3 is 0 Å². The van der Waals surface area contributed by atoms with Crippen LogP contribution in [-0.4, -0.2) is 44.9 Å². The number of hydrogen-bond acceptors (Lipinski definition) is 4. The molecular weight excluding hydrogens is 247 g/mol. The van der Waals surface area contributed by atoms with Crippen LogP contribution in [0.3, 0.4) is 0 Å². The average molecular weight is 270 g/mol. The summed E-state index contributed by atoms with van der Waals surface area (Å²) >= 11 is 0. The number of benzene rings is 1. The van der Waals surface area contributed by atoms with Gasteiger partial charge in [-0.25, -0.2) is 4.39 Å². The van der Waals surface area contributed by atoms with Crippen LogP contribution in [-0.2, 0) is 16.0 Å². The highest BCUT2D eigenvalue weighted by molar-refractivity contribution is 5.46. The van der Waals surface area contributed by atoms with Gasteiger partial charge in [0.05, 0.1) is 13.2 Å². The molecule has 19 heavy (non-hydrogen) atoms. The van der Waals surface area contributed by atoms with E-state index >= 15 is 0 Å². The highest BCUT2D eigenvalue weighted by Gasteiger charge is 2.15. The van der Waals surface area contributed by atoms with Crippen molar-refractivity contribution < 1.29 is 13.9 Å². The number of nitrogens with zero attached hydrogens (tertiary/aromatic N) is 1. The maximum atomic E-state index is 13.0. The smallest absolute Gasteiger partial charge is 0.125 e. The average Bonchev–Trinajstić information content (AvgIpc) is 2.37. The van der Waals surface area contributed by atoms with Crippen LogP contribution in [0.25, 0.3) is 0 Å². The lowest BCUT2D eigenvalue weighted by atomic mass is 10.1. The molecule has 1 rings (SSSR count). The Bertz CT molecular complexity index is 388. The van der Waals surface area contributed by atoms with Gasteiger partial charge in [0.1, 0.15) is 5.82 Å². The second kappa shape index (κ2) is 8.09. The Balaban J connectivity index is 2.74. The first kappa shape index (κ1) is 15.9. The minimum Gasteiger partial charge on any atom is -0.398 e. The Morgan fingerprint density at radius 1 is 1.32 bits per heavy atom. The fourth-order valence-electron chi connectivity index (χ4n) is 1.94. The molecule has 0 aliphatic heterocycles. The van der Waals surface area contributed by atoms with Crippen LogP contribution in [0.4, 0.5) is 10.1 Å². The third-order valence-corrected chi connectivity index (χ3v) is 3.10. The fourth-order valence-corrected chi connectivity index (χ4v) is 1.94. The normalized spacial score (nSPS) is 12.9. The minimum absolute atomic E-state index is 0.240. The van der Waals surface area contributed by atoms with Gasteiger partial charge in [0.15, 0.2) is 0 Å². The Morgan fingerprint density at radius 2 is 2.05 bits per heavy atom. The lowest BCUT2D eigenvalue weighted by molar-refractivity contribution is 0.0706. The summed E-state index contributed by atoms with van der Waals surface area (Å²) in [5.41, 5.74) is 7.24. The van der Waals surface area contributed by atoms with Gasteiger partial charge in [0, 0.05) is 39.0 Å². The third kappa shape index (κ3) is 5.14. The first-order valence-electron chi connectivity index (χ1n) is 6.34. The Morgan fingerprint density at radius 3 is 2.63 bits per heavy atom. The predicted octanol–water partition coefficient (Wildman–Crippen LogP) is 1.89. The summed E-state index contributed by atoms with van der Waals surface area (Å²) in [6.07, 6.45) is 0. The quantitative estimate of drug-likeness (QED) is 0.733. The van der Waals surface area contributed by atoms with Gasteiger partial charge in [-0.2, -0.15) is 0 Å². The van der Waals surface area contributed by atoms with Gasteiger partial charge in [-0.3, -0.25) is 4.90 Å². The monoisotopic (exact) mass is 270 g/mol. The zero-order valence-corrected chi connectivity index (χ0v) is 11.9. The Kier molecular flexibility index (Phi) is 6.77. The van der Waals surface area contributed by atoms with Crippen molar-refractivity contribution in [1.82, 2.24) is 4.90 Å². The lowest BCUT2D eigenvalue weighted by Crippen LogP contribution is -2.38. The summed E-state index contributed by atoms with van der Waals surface area (Å²) in [5, 5.41) is 0. The lowest BCUT2D eigenvalue weighted by Gasteiger charge is -2.28. The predicted molar refractivity (Wildman–Crippen MR) is 74.4 cm³/mol. The molecule has 1 unspecified atom stereocenters. The van der Waals surface area contributed by atoms with Crippen molar-refractivity contribution in [2.45, 2.75) is 19.5 Å². The Labute approximate surface area is 114 Å². The topological polar surface area (TPSA) is 47.7 Å². The van der Waals surface area contributed by atoms with E-state index in [0.717, 1.165) is 12.1 Å². The molecule has 0 aliphatic rings. The van der Waals surface area contributed by atoms with E-state index in [1.165, 1.54) is 12.1 Å². The van der Waals surface area contributed by atoms with E-state index in [0.29, 0.717) is 25.4 Å². The molecule has 5 heteroatoms. The maximum Gasteiger partial charge on any atom is 0.125 e. The first-order valence-corrected chi connectivity index (χ1v) is 6.34. The number of nitrogen functional groups attached to an aromatic ring is 1. The van der Waals surface area contributed by atoms with Gasteiger partial charge in [0.25, 0.3) is 0 Å². The fraction of sp³-hybridized carbons (Fsp3) is 0.571. The van der Waals surface area contributed by atoms with Gasteiger partial charge in [0.2, 0.25) is 0 Å². The number of anilines is 1. The molecule has 0 bridgehead atoms. The van der Waals surface area contributed by atoms with Crippen LogP contribution in [0, 0.1) is 5.82 Å². The number of halogens is 1. The van der Waals surface area contributed by atoms with E-state index in [2.05, 4.69) is 11.8 Å². The standard InChI is InChI=1S/C14H23FN2O2/c1-11(10-19-3)17(6-7-18-2)9-12-4-5-13(15)8-14(12)16/h4-5,8,11H,6-7,9-10,16H2,1-3H3. The number of nitrogens with two attached hydrogens (primary N) is 1. The molecule has 0 saturated carbocycles. The van der Waals surface area contributed by atoms with Crippen molar-refractivity contribution in [2.75, 3.05) is 39.7 Å². The van der Waals surface area contributed by atoms with E-state index in [9.17, 15) is 4.39 Å². The zero-order valence-electron chi connectivity index (χ0n) is 11.9. The molecule has 0 spiro atoms. The zero-order chi connectivity index (χ0) is 14.3. The molecule has 4 nitrogen and oxygen atoms in total. The second-order valence-corrected chi connectivity index (χ2v) is 4.61. The number of rotatable bonds is 8. The van der Waals surface area contributed by atoms with Crippen LogP contribution in [0.1, 0.15) is 12.5 Å². The van der Waals surface area contributed by atoms with E-state index in [1.807, 2.05) is 0 Å². The van der Waals surface area contributed by atoms with Gasteiger partial charge < -0.3 is 15.2 Å². The van der Waals surface area contributed by atoms with E-state index in [-0.39, 0.29) is 11.9 Å². The maximum absolute atomic E-state index is 13.0. The Hall–Kier alpha value is -1.17. The number of ether oxygens (including phenoxy) is 2. The summed E-state index contributed by atoms with van der Waals surface area (Å²) in [7, 11) is 3.35. The van der Waals surface area contributed by atoms with E-state index in [1.54, 1.807) is 20.3 Å². The first-order chi connectivity index (χ1) is 9.08. The van der Waals surface area contributed by atoms with Crippen molar-refractivity contribution >= 4 is 5.69 Å². The van der Waals surface area contributed by atoms with Crippen molar-refractivity contribution in [1.29, 1.82) is 0 Å². The summed E-state index contributed by atoms with van der Waals surface area (Å²) in [4.78, 5) is 2.20. The van der Waals surface area contributed by atoms with Crippen LogP contribution in [0.15, 0.2) is 18.2 Å². The molecule has 108 valence electrons. The molecule has 2 N–H and O–H groups in total. The van der Waals surface area contributed by atoms with E-state index in [4.69, 9.17) is 15.2 Å². The molecular formula is C14H23FN2O2. The van der Waals surface area contributed by atoms with E-state index < -0.39 is 0 Å². The molecule has 1 aromatic rings. The summed E-state index contributed by atoms with van der Waals surface area (Å²) in [6.45, 7) is 4.77. The second-order valence-electron chi connectivity index (χ2n) is 4.61. The van der Waals surface area contributed by atoms with Crippen molar-refractivity contribution in [3.63, 3.8) is 0 Å². The van der Waals surface area contributed by atoms with Crippen LogP contribution < -0.4 is 5.73 Å². The third-order valence-electron chi connectivity index (χ3n) is 3.10. The highest BCUT2D eigenvalue weighted by Crippen LogP contribution is 2.17. The largest absolute Gasteiger partial charge is 0.398 e. The van der Waals surface area contributed by atoms with Crippen molar-refractivity contribution in [3.05, 3.63) is 29.6 Å². The molecule has 0 heterocycles. The van der Waals surface area contributed by atoms with Crippen LogP contribution in [0.2, 0.25) is 0 Å². The van der Waals surface area contributed by atoms with Gasteiger partial charge in [-0.15, -0.1) is 0 Å².